The molecule has 0 saturated heterocycles. The van der Waals surface area contributed by atoms with Crippen molar-refractivity contribution in [3.63, 3.8) is 0 Å². The standard InChI is InChI=1S/C15H15BrINO/c1-10(18)15(11-5-7-12(16)8-6-11)19-14-4-2-3-13(17)9-14/h2-10,15H,18H2,1H3. The molecule has 2 atom stereocenters. The molecule has 0 heterocycles. The minimum absolute atomic E-state index is 0.0842. The second-order valence-electron chi connectivity index (χ2n) is 4.41. The first kappa shape index (κ1) is 14.8. The van der Waals surface area contributed by atoms with Gasteiger partial charge in [0.15, 0.2) is 0 Å². The number of nitrogens with two attached hydrogens (primary N) is 1. The van der Waals surface area contributed by atoms with E-state index >= 15 is 0 Å². The molecule has 2 N–H and O–H groups in total. The number of ether oxygens (including phenoxy) is 1. The summed E-state index contributed by atoms with van der Waals surface area (Å²) in [5.74, 6) is 0.845. The van der Waals surface area contributed by atoms with Crippen LogP contribution in [0.4, 0.5) is 0 Å². The number of hydrogen-bond donors (Lipinski definition) is 1. The van der Waals surface area contributed by atoms with Crippen LogP contribution >= 0.6 is 38.5 Å². The van der Waals surface area contributed by atoms with Gasteiger partial charge in [0.25, 0.3) is 0 Å². The molecule has 0 fully saturated rings. The van der Waals surface area contributed by atoms with Gasteiger partial charge in [-0.1, -0.05) is 34.1 Å². The minimum Gasteiger partial charge on any atom is -0.484 e. The Morgan fingerprint density at radius 1 is 1.16 bits per heavy atom. The van der Waals surface area contributed by atoms with E-state index in [-0.39, 0.29) is 12.1 Å². The van der Waals surface area contributed by atoms with Gasteiger partial charge in [0.05, 0.1) is 0 Å². The first-order chi connectivity index (χ1) is 9.06. The van der Waals surface area contributed by atoms with Gasteiger partial charge < -0.3 is 10.5 Å². The van der Waals surface area contributed by atoms with E-state index < -0.39 is 0 Å². The summed E-state index contributed by atoms with van der Waals surface area (Å²) in [4.78, 5) is 0. The Bertz CT molecular complexity index is 542. The van der Waals surface area contributed by atoms with Gasteiger partial charge in [-0.2, -0.15) is 0 Å². The summed E-state index contributed by atoms with van der Waals surface area (Å²) in [6, 6.07) is 16.0. The topological polar surface area (TPSA) is 35.2 Å². The van der Waals surface area contributed by atoms with Crippen molar-refractivity contribution in [1.29, 1.82) is 0 Å². The van der Waals surface area contributed by atoms with E-state index in [1.807, 2.05) is 55.5 Å². The number of halogens is 2. The predicted octanol–water partition coefficient (Wildman–Crippen LogP) is 4.52. The maximum Gasteiger partial charge on any atom is 0.138 e. The third-order valence-corrected chi connectivity index (χ3v) is 3.93. The molecule has 0 spiro atoms. The highest BCUT2D eigenvalue weighted by Gasteiger charge is 2.18. The van der Waals surface area contributed by atoms with Crippen LogP contribution in [0.1, 0.15) is 18.6 Å². The third-order valence-electron chi connectivity index (χ3n) is 2.74. The molecule has 0 aromatic heterocycles. The summed E-state index contributed by atoms with van der Waals surface area (Å²) in [6.45, 7) is 1.96. The van der Waals surface area contributed by atoms with E-state index in [1.54, 1.807) is 0 Å². The van der Waals surface area contributed by atoms with Crippen molar-refractivity contribution in [2.24, 2.45) is 5.73 Å². The van der Waals surface area contributed by atoms with E-state index in [0.717, 1.165) is 19.4 Å². The molecule has 0 amide bonds. The first-order valence-electron chi connectivity index (χ1n) is 5.99. The van der Waals surface area contributed by atoms with Crippen molar-refractivity contribution in [3.05, 3.63) is 62.1 Å². The van der Waals surface area contributed by atoms with Gasteiger partial charge in [-0.3, -0.25) is 0 Å². The summed E-state index contributed by atoms with van der Waals surface area (Å²) in [6.07, 6.45) is -0.147. The highest BCUT2D eigenvalue weighted by Crippen LogP contribution is 2.26. The quantitative estimate of drug-likeness (QED) is 0.722. The second-order valence-corrected chi connectivity index (χ2v) is 6.57. The molecule has 0 radical (unpaired) electrons. The summed E-state index contributed by atoms with van der Waals surface area (Å²) >= 11 is 5.71. The highest BCUT2D eigenvalue weighted by atomic mass is 127. The Labute approximate surface area is 135 Å². The van der Waals surface area contributed by atoms with Gasteiger partial charge in [-0.25, -0.2) is 0 Å². The molecular weight excluding hydrogens is 417 g/mol. The fraction of sp³-hybridized carbons (Fsp3) is 0.200. The molecule has 0 aliphatic rings. The lowest BCUT2D eigenvalue weighted by molar-refractivity contribution is 0.180. The smallest absolute Gasteiger partial charge is 0.138 e. The summed E-state index contributed by atoms with van der Waals surface area (Å²) in [5.41, 5.74) is 7.13. The van der Waals surface area contributed by atoms with Crippen LogP contribution in [-0.4, -0.2) is 6.04 Å². The van der Waals surface area contributed by atoms with Crippen LogP contribution in [0.25, 0.3) is 0 Å². The van der Waals surface area contributed by atoms with Gasteiger partial charge >= 0.3 is 0 Å². The number of hydrogen-bond acceptors (Lipinski definition) is 2. The highest BCUT2D eigenvalue weighted by molar-refractivity contribution is 14.1. The zero-order valence-electron chi connectivity index (χ0n) is 10.5. The van der Waals surface area contributed by atoms with Gasteiger partial charge in [-0.05, 0) is 65.4 Å². The first-order valence-corrected chi connectivity index (χ1v) is 7.86. The molecule has 4 heteroatoms. The molecule has 2 nitrogen and oxygen atoms in total. The van der Waals surface area contributed by atoms with Gasteiger partial charge in [0.2, 0.25) is 0 Å². The Hall–Kier alpha value is -0.590. The Kier molecular flexibility index (Phi) is 5.24. The normalized spacial score (nSPS) is 13.9. The van der Waals surface area contributed by atoms with Gasteiger partial charge in [-0.15, -0.1) is 0 Å². The molecule has 0 saturated carbocycles. The van der Waals surface area contributed by atoms with Gasteiger partial charge in [0, 0.05) is 14.1 Å². The van der Waals surface area contributed by atoms with Gasteiger partial charge in [0.1, 0.15) is 11.9 Å². The van der Waals surface area contributed by atoms with Crippen LogP contribution in [0.3, 0.4) is 0 Å². The Morgan fingerprint density at radius 3 is 2.42 bits per heavy atom. The number of benzene rings is 2. The Balaban J connectivity index is 2.23. The van der Waals surface area contributed by atoms with Crippen molar-refractivity contribution in [3.8, 4) is 5.75 Å². The van der Waals surface area contributed by atoms with Crippen LogP contribution in [0, 0.1) is 3.57 Å². The number of rotatable bonds is 4. The van der Waals surface area contributed by atoms with E-state index in [0.29, 0.717) is 0 Å². The van der Waals surface area contributed by atoms with Crippen LogP contribution in [-0.2, 0) is 0 Å². The summed E-state index contributed by atoms with van der Waals surface area (Å²) < 4.78 is 8.24. The summed E-state index contributed by atoms with van der Waals surface area (Å²) in [5, 5.41) is 0. The zero-order valence-corrected chi connectivity index (χ0v) is 14.3. The fourth-order valence-corrected chi connectivity index (χ4v) is 2.60. The molecule has 19 heavy (non-hydrogen) atoms. The lowest BCUT2D eigenvalue weighted by Gasteiger charge is -2.23. The third kappa shape index (κ3) is 4.19. The van der Waals surface area contributed by atoms with Crippen molar-refractivity contribution in [1.82, 2.24) is 0 Å². The maximum absolute atomic E-state index is 6.05. The average molecular weight is 432 g/mol. The molecule has 0 aliphatic carbocycles. The molecular formula is C15H15BrINO. The summed E-state index contributed by atoms with van der Waals surface area (Å²) in [7, 11) is 0. The van der Waals surface area contributed by atoms with Crippen molar-refractivity contribution >= 4 is 38.5 Å². The van der Waals surface area contributed by atoms with Crippen molar-refractivity contribution in [2.75, 3.05) is 0 Å². The lowest BCUT2D eigenvalue weighted by Crippen LogP contribution is -2.29. The molecule has 100 valence electrons. The minimum atomic E-state index is -0.147. The molecule has 2 unspecified atom stereocenters. The second kappa shape index (κ2) is 6.72. The van der Waals surface area contributed by atoms with Crippen LogP contribution in [0.15, 0.2) is 53.0 Å². The monoisotopic (exact) mass is 431 g/mol. The SMILES string of the molecule is CC(N)C(Oc1cccc(I)c1)c1ccc(Br)cc1. The van der Waals surface area contributed by atoms with E-state index in [4.69, 9.17) is 10.5 Å². The molecule has 2 aromatic rings. The fourth-order valence-electron chi connectivity index (χ4n) is 1.82. The van der Waals surface area contributed by atoms with Crippen LogP contribution in [0.2, 0.25) is 0 Å². The van der Waals surface area contributed by atoms with E-state index in [2.05, 4.69) is 38.5 Å². The van der Waals surface area contributed by atoms with Crippen molar-refractivity contribution < 1.29 is 4.74 Å². The Morgan fingerprint density at radius 2 is 1.84 bits per heavy atom. The molecule has 0 bridgehead atoms. The molecule has 2 rings (SSSR count). The van der Waals surface area contributed by atoms with E-state index in [1.165, 1.54) is 0 Å². The van der Waals surface area contributed by atoms with E-state index in [9.17, 15) is 0 Å². The zero-order chi connectivity index (χ0) is 13.8. The molecule has 0 aliphatic heterocycles. The van der Waals surface area contributed by atoms with Crippen LogP contribution in [0.5, 0.6) is 5.75 Å². The lowest BCUT2D eigenvalue weighted by atomic mass is 10.0. The largest absolute Gasteiger partial charge is 0.484 e. The average Bonchev–Trinajstić information content (AvgIpc) is 2.37. The van der Waals surface area contributed by atoms with Crippen molar-refractivity contribution in [2.45, 2.75) is 19.1 Å². The predicted molar refractivity (Wildman–Crippen MR) is 90.3 cm³/mol. The molecule has 2 aromatic carbocycles. The van der Waals surface area contributed by atoms with Crippen LogP contribution < -0.4 is 10.5 Å². The maximum atomic E-state index is 6.05.